The third-order valence-electron chi connectivity index (χ3n) is 4.20. The number of hydrogen-bond acceptors (Lipinski definition) is 5. The highest BCUT2D eigenvalue weighted by Gasteiger charge is 2.21. The lowest BCUT2D eigenvalue weighted by molar-refractivity contribution is -0.135. The lowest BCUT2D eigenvalue weighted by Gasteiger charge is -2.30. The van der Waals surface area contributed by atoms with Gasteiger partial charge < -0.3 is 9.64 Å². The van der Waals surface area contributed by atoms with Crippen LogP contribution in [0.25, 0.3) is 0 Å². The molecule has 0 saturated carbocycles. The zero-order chi connectivity index (χ0) is 18.4. The molecule has 1 fully saturated rings. The maximum atomic E-state index is 12.1. The number of benzene rings is 1. The van der Waals surface area contributed by atoms with Gasteiger partial charge in [0.15, 0.2) is 6.61 Å². The molecule has 1 N–H and O–H groups in total. The summed E-state index contributed by atoms with van der Waals surface area (Å²) in [5, 5.41) is 0. The Labute approximate surface area is 148 Å². The fraction of sp³-hybridized carbons (Fsp3) is 0.529. The molecular weight excluding hydrogens is 344 g/mol. The summed E-state index contributed by atoms with van der Waals surface area (Å²) >= 11 is 0. The number of carbonyl (C=O) groups excluding carboxylic acids is 2. The number of nitrogens with one attached hydrogen (secondary N) is 1. The van der Waals surface area contributed by atoms with Crippen molar-refractivity contribution in [3.8, 4) is 0 Å². The lowest BCUT2D eigenvalue weighted by atomic mass is 9.99. The summed E-state index contributed by atoms with van der Waals surface area (Å²) < 4.78 is 31.1. The quantitative estimate of drug-likeness (QED) is 0.766. The Morgan fingerprint density at radius 1 is 1.20 bits per heavy atom. The average molecular weight is 368 g/mol. The van der Waals surface area contributed by atoms with Gasteiger partial charge in [0.1, 0.15) is 0 Å². The van der Waals surface area contributed by atoms with Gasteiger partial charge in [0, 0.05) is 19.6 Å². The highest BCUT2D eigenvalue weighted by atomic mass is 32.2. The van der Waals surface area contributed by atoms with Crippen molar-refractivity contribution in [2.45, 2.75) is 31.6 Å². The number of carbonyl (C=O) groups is 2. The third kappa shape index (κ3) is 5.27. The van der Waals surface area contributed by atoms with Crippen LogP contribution in [-0.2, 0) is 19.6 Å². The molecule has 7 nitrogen and oxygen atoms in total. The minimum Gasteiger partial charge on any atom is -0.452 e. The van der Waals surface area contributed by atoms with Gasteiger partial charge in [-0.1, -0.05) is 13.8 Å². The number of rotatable bonds is 6. The lowest BCUT2D eigenvalue weighted by Crippen LogP contribution is -2.40. The standard InChI is InChI=1S/C17H24N2O5S/c1-3-18-25(22,23)15-6-4-14(5-7-15)17(21)24-12-16(20)19-10-8-13(2)9-11-19/h4-7,13,18H,3,8-12H2,1-2H3. The fourth-order valence-electron chi connectivity index (χ4n) is 2.60. The van der Waals surface area contributed by atoms with E-state index in [2.05, 4.69) is 11.6 Å². The second kappa shape index (κ2) is 8.44. The smallest absolute Gasteiger partial charge is 0.338 e. The fourth-order valence-corrected chi connectivity index (χ4v) is 3.64. The molecule has 0 aromatic heterocycles. The van der Waals surface area contributed by atoms with Gasteiger partial charge in [-0.3, -0.25) is 4.79 Å². The molecule has 0 bridgehead atoms. The first kappa shape index (κ1) is 19.4. The SMILES string of the molecule is CCNS(=O)(=O)c1ccc(C(=O)OCC(=O)N2CCC(C)CC2)cc1. The number of ether oxygens (including phenoxy) is 1. The Morgan fingerprint density at radius 2 is 1.80 bits per heavy atom. The number of hydrogen-bond donors (Lipinski definition) is 1. The van der Waals surface area contributed by atoms with Gasteiger partial charge in [0.05, 0.1) is 10.5 Å². The van der Waals surface area contributed by atoms with Crippen LogP contribution in [0.2, 0.25) is 0 Å². The molecule has 1 aliphatic rings. The van der Waals surface area contributed by atoms with Crippen LogP contribution in [-0.4, -0.2) is 51.4 Å². The highest BCUT2D eigenvalue weighted by molar-refractivity contribution is 7.89. The summed E-state index contributed by atoms with van der Waals surface area (Å²) in [6.07, 6.45) is 1.92. The van der Waals surface area contributed by atoms with Crippen LogP contribution in [0.15, 0.2) is 29.2 Å². The van der Waals surface area contributed by atoms with Crippen LogP contribution in [0.1, 0.15) is 37.0 Å². The van der Waals surface area contributed by atoms with Crippen LogP contribution < -0.4 is 4.72 Å². The first-order valence-corrected chi connectivity index (χ1v) is 9.86. The topological polar surface area (TPSA) is 92.8 Å². The molecule has 25 heavy (non-hydrogen) atoms. The molecule has 1 heterocycles. The van der Waals surface area contributed by atoms with Crippen molar-refractivity contribution >= 4 is 21.9 Å². The molecule has 138 valence electrons. The van der Waals surface area contributed by atoms with Gasteiger partial charge in [-0.25, -0.2) is 17.9 Å². The summed E-state index contributed by atoms with van der Waals surface area (Å²) in [5.74, 6) is -0.235. The van der Waals surface area contributed by atoms with E-state index >= 15 is 0 Å². The third-order valence-corrected chi connectivity index (χ3v) is 5.76. The van der Waals surface area contributed by atoms with Gasteiger partial charge in [-0.15, -0.1) is 0 Å². The van der Waals surface area contributed by atoms with Crippen molar-refractivity contribution in [2.75, 3.05) is 26.2 Å². The molecule has 8 heteroatoms. The second-order valence-electron chi connectivity index (χ2n) is 6.17. The van der Waals surface area contributed by atoms with E-state index in [0.717, 1.165) is 12.8 Å². The molecule has 1 aliphatic heterocycles. The average Bonchev–Trinajstić information content (AvgIpc) is 2.60. The molecule has 1 saturated heterocycles. The monoisotopic (exact) mass is 368 g/mol. The molecule has 1 aromatic rings. The van der Waals surface area contributed by atoms with Crippen LogP contribution in [0, 0.1) is 5.92 Å². The Bertz CT molecular complexity index is 707. The van der Waals surface area contributed by atoms with E-state index in [9.17, 15) is 18.0 Å². The molecule has 0 unspecified atom stereocenters. The minimum atomic E-state index is -3.56. The number of likely N-dealkylation sites (tertiary alicyclic amines) is 1. The number of sulfonamides is 1. The molecule has 0 aliphatic carbocycles. The number of esters is 1. The van der Waals surface area contributed by atoms with Gasteiger partial charge in [-0.2, -0.15) is 0 Å². The van der Waals surface area contributed by atoms with Gasteiger partial charge >= 0.3 is 5.97 Å². The summed E-state index contributed by atoms with van der Waals surface area (Å²) in [6, 6.07) is 5.42. The first-order valence-electron chi connectivity index (χ1n) is 8.38. The van der Waals surface area contributed by atoms with E-state index < -0.39 is 16.0 Å². The highest BCUT2D eigenvalue weighted by Crippen LogP contribution is 2.16. The summed E-state index contributed by atoms with van der Waals surface area (Å²) in [4.78, 5) is 25.9. The van der Waals surface area contributed by atoms with Crippen molar-refractivity contribution in [2.24, 2.45) is 5.92 Å². The Hall–Kier alpha value is -1.93. The van der Waals surface area contributed by atoms with Gasteiger partial charge in [-0.05, 0) is 43.0 Å². The second-order valence-corrected chi connectivity index (χ2v) is 7.93. The number of piperidine rings is 1. The van der Waals surface area contributed by atoms with Crippen molar-refractivity contribution in [1.82, 2.24) is 9.62 Å². The van der Waals surface area contributed by atoms with Crippen LogP contribution in [0.3, 0.4) is 0 Å². The largest absolute Gasteiger partial charge is 0.452 e. The van der Waals surface area contributed by atoms with E-state index in [-0.39, 0.29) is 29.5 Å². The van der Waals surface area contributed by atoms with E-state index in [0.29, 0.717) is 19.0 Å². The van der Waals surface area contributed by atoms with E-state index in [4.69, 9.17) is 4.74 Å². The predicted octanol–water partition coefficient (Wildman–Crippen LogP) is 1.40. The zero-order valence-corrected chi connectivity index (χ0v) is 15.3. The molecule has 1 aromatic carbocycles. The normalized spacial score (nSPS) is 15.8. The molecule has 2 rings (SSSR count). The van der Waals surface area contributed by atoms with Crippen molar-refractivity contribution in [3.05, 3.63) is 29.8 Å². The zero-order valence-electron chi connectivity index (χ0n) is 14.5. The number of nitrogens with zero attached hydrogens (tertiary/aromatic N) is 1. The maximum Gasteiger partial charge on any atom is 0.338 e. The van der Waals surface area contributed by atoms with Crippen molar-refractivity contribution < 1.29 is 22.7 Å². The van der Waals surface area contributed by atoms with E-state index in [1.54, 1.807) is 11.8 Å². The molecule has 0 atom stereocenters. The van der Waals surface area contributed by atoms with Crippen LogP contribution >= 0.6 is 0 Å². The van der Waals surface area contributed by atoms with E-state index in [1.165, 1.54) is 24.3 Å². The van der Waals surface area contributed by atoms with Gasteiger partial charge in [0.25, 0.3) is 5.91 Å². The maximum absolute atomic E-state index is 12.1. The Morgan fingerprint density at radius 3 is 2.36 bits per heavy atom. The van der Waals surface area contributed by atoms with Crippen LogP contribution in [0.5, 0.6) is 0 Å². The molecular formula is C17H24N2O5S. The predicted molar refractivity (Wildman–Crippen MR) is 92.6 cm³/mol. The number of amides is 1. The summed E-state index contributed by atoms with van der Waals surface area (Å²) in [7, 11) is -3.56. The molecule has 0 spiro atoms. The molecule has 1 amide bonds. The van der Waals surface area contributed by atoms with Crippen molar-refractivity contribution in [3.63, 3.8) is 0 Å². The summed E-state index contributed by atoms with van der Waals surface area (Å²) in [5.41, 5.74) is 0.204. The summed E-state index contributed by atoms with van der Waals surface area (Å²) in [6.45, 7) is 5.20. The first-order chi connectivity index (χ1) is 11.8. The Kier molecular flexibility index (Phi) is 6.55. The van der Waals surface area contributed by atoms with Crippen molar-refractivity contribution in [1.29, 1.82) is 0 Å². The minimum absolute atomic E-state index is 0.0735. The molecule has 0 radical (unpaired) electrons. The van der Waals surface area contributed by atoms with Crippen LogP contribution in [0.4, 0.5) is 0 Å². The van der Waals surface area contributed by atoms with E-state index in [1.807, 2.05) is 0 Å². The van der Waals surface area contributed by atoms with Gasteiger partial charge in [0.2, 0.25) is 10.0 Å². The Balaban J connectivity index is 1.89.